The Morgan fingerprint density at radius 1 is 1.38 bits per heavy atom. The number of hydrogen-bond acceptors (Lipinski definition) is 2. The van der Waals surface area contributed by atoms with Crippen molar-refractivity contribution in [2.75, 3.05) is 0 Å². The van der Waals surface area contributed by atoms with Crippen molar-refractivity contribution in [3.63, 3.8) is 0 Å². The molecule has 0 bridgehead atoms. The molecule has 0 aliphatic rings. The third kappa shape index (κ3) is 3.67. The molecule has 0 aliphatic heterocycles. The molecule has 1 atom stereocenters. The Morgan fingerprint density at radius 3 is 2.56 bits per heavy atom. The van der Waals surface area contributed by atoms with E-state index < -0.39 is 0 Å². The summed E-state index contributed by atoms with van der Waals surface area (Å²) in [4.78, 5) is 0. The van der Waals surface area contributed by atoms with Crippen LogP contribution in [-0.2, 0) is 0 Å². The fourth-order valence-electron chi connectivity index (χ4n) is 1.34. The van der Waals surface area contributed by atoms with Crippen molar-refractivity contribution in [2.24, 2.45) is 0 Å². The van der Waals surface area contributed by atoms with Gasteiger partial charge in [0.1, 0.15) is 5.75 Å². The molecule has 1 aromatic carbocycles. The normalized spacial score (nSPS) is 11.2. The smallest absolute Gasteiger partial charge is 0.158 e. The number of nitriles is 1. The highest BCUT2D eigenvalue weighted by Crippen LogP contribution is 2.15. The highest BCUT2D eigenvalue weighted by atomic mass is 16.5. The lowest BCUT2D eigenvalue weighted by Gasteiger charge is -2.13. The molecule has 2 nitrogen and oxygen atoms in total. The van der Waals surface area contributed by atoms with Crippen LogP contribution in [0.1, 0.15) is 31.7 Å². The molecule has 0 aliphatic carbocycles. The molecule has 0 heterocycles. The highest BCUT2D eigenvalue weighted by Gasteiger charge is 2.05. The number of unbranched alkanes of at least 4 members (excludes halogenated alkanes) is 1. The standard InChI is InChI=1S/C14H15NO/c1-3-5-6-13(4-2)16-14-9-7-12(11-15)8-10-14/h2,7-10,13H,3,5-6H2,1H3. The van der Waals surface area contributed by atoms with Crippen LogP contribution in [0.15, 0.2) is 24.3 Å². The van der Waals surface area contributed by atoms with Crippen LogP contribution in [0.4, 0.5) is 0 Å². The van der Waals surface area contributed by atoms with E-state index in [0.29, 0.717) is 5.56 Å². The first kappa shape index (κ1) is 12.1. The van der Waals surface area contributed by atoms with Gasteiger partial charge in [-0.3, -0.25) is 0 Å². The maximum atomic E-state index is 8.65. The van der Waals surface area contributed by atoms with E-state index in [1.807, 2.05) is 0 Å². The van der Waals surface area contributed by atoms with Gasteiger partial charge in [0.25, 0.3) is 0 Å². The van der Waals surface area contributed by atoms with Crippen molar-refractivity contribution in [1.29, 1.82) is 5.26 Å². The van der Waals surface area contributed by atoms with Crippen molar-refractivity contribution in [2.45, 2.75) is 32.3 Å². The number of ether oxygens (including phenoxy) is 1. The largest absolute Gasteiger partial charge is 0.478 e. The van der Waals surface area contributed by atoms with Crippen LogP contribution in [0.2, 0.25) is 0 Å². The summed E-state index contributed by atoms with van der Waals surface area (Å²) in [5, 5.41) is 8.65. The van der Waals surface area contributed by atoms with E-state index in [1.165, 1.54) is 0 Å². The lowest BCUT2D eigenvalue weighted by molar-refractivity contribution is 0.244. The molecule has 16 heavy (non-hydrogen) atoms. The van der Waals surface area contributed by atoms with Crippen LogP contribution >= 0.6 is 0 Å². The lowest BCUT2D eigenvalue weighted by Crippen LogP contribution is -2.13. The predicted molar refractivity (Wildman–Crippen MR) is 63.9 cm³/mol. The summed E-state index contributed by atoms with van der Waals surface area (Å²) in [7, 11) is 0. The van der Waals surface area contributed by atoms with Gasteiger partial charge in [-0.2, -0.15) is 5.26 Å². The fourth-order valence-corrected chi connectivity index (χ4v) is 1.34. The number of hydrogen-bond donors (Lipinski definition) is 0. The SMILES string of the molecule is C#CC(CCCC)Oc1ccc(C#N)cc1. The Hall–Kier alpha value is -1.93. The van der Waals surface area contributed by atoms with E-state index >= 15 is 0 Å². The van der Waals surface area contributed by atoms with Gasteiger partial charge in [0.15, 0.2) is 6.10 Å². The Morgan fingerprint density at radius 2 is 2.06 bits per heavy atom. The second-order valence-corrected chi connectivity index (χ2v) is 3.55. The number of terminal acetylenes is 1. The Bertz CT molecular complexity index is 394. The predicted octanol–water partition coefficient (Wildman–Crippen LogP) is 3.13. The third-order valence-electron chi connectivity index (χ3n) is 2.27. The van der Waals surface area contributed by atoms with Gasteiger partial charge in [-0.15, -0.1) is 6.42 Å². The molecule has 0 N–H and O–H groups in total. The molecule has 0 amide bonds. The lowest BCUT2D eigenvalue weighted by atomic mass is 10.1. The molecule has 0 radical (unpaired) electrons. The van der Waals surface area contributed by atoms with Crippen molar-refractivity contribution >= 4 is 0 Å². The molecule has 0 saturated heterocycles. The van der Waals surface area contributed by atoms with Crippen molar-refractivity contribution in [3.8, 4) is 24.2 Å². The van der Waals surface area contributed by atoms with Gasteiger partial charge in [0, 0.05) is 0 Å². The first-order valence-electron chi connectivity index (χ1n) is 5.43. The summed E-state index contributed by atoms with van der Waals surface area (Å²) >= 11 is 0. The number of nitrogens with zero attached hydrogens (tertiary/aromatic N) is 1. The summed E-state index contributed by atoms with van der Waals surface area (Å²) in [6.07, 6.45) is 8.25. The quantitative estimate of drug-likeness (QED) is 0.704. The molecule has 0 aromatic heterocycles. The third-order valence-corrected chi connectivity index (χ3v) is 2.27. The van der Waals surface area contributed by atoms with Gasteiger partial charge in [0.2, 0.25) is 0 Å². The highest BCUT2D eigenvalue weighted by molar-refractivity contribution is 5.34. The summed E-state index contributed by atoms with van der Waals surface area (Å²) in [5.41, 5.74) is 0.623. The average Bonchev–Trinajstić information content (AvgIpc) is 2.35. The van der Waals surface area contributed by atoms with E-state index in [9.17, 15) is 0 Å². The topological polar surface area (TPSA) is 33.0 Å². The Balaban J connectivity index is 2.58. The molecule has 0 fully saturated rings. The monoisotopic (exact) mass is 213 g/mol. The molecule has 82 valence electrons. The van der Waals surface area contributed by atoms with Gasteiger partial charge < -0.3 is 4.74 Å². The number of rotatable bonds is 5. The van der Waals surface area contributed by atoms with E-state index in [2.05, 4.69) is 18.9 Å². The zero-order valence-corrected chi connectivity index (χ0v) is 9.44. The second kappa shape index (κ2) is 6.53. The minimum Gasteiger partial charge on any atom is -0.478 e. The van der Waals surface area contributed by atoms with Gasteiger partial charge in [0.05, 0.1) is 11.6 Å². The van der Waals surface area contributed by atoms with Crippen LogP contribution in [0, 0.1) is 23.7 Å². The molecule has 1 rings (SSSR count). The van der Waals surface area contributed by atoms with Crippen molar-refractivity contribution in [1.82, 2.24) is 0 Å². The van der Waals surface area contributed by atoms with Crippen LogP contribution in [0.5, 0.6) is 5.75 Å². The van der Waals surface area contributed by atoms with Crippen LogP contribution in [0.3, 0.4) is 0 Å². The minimum atomic E-state index is -0.173. The first-order valence-corrected chi connectivity index (χ1v) is 5.43. The first-order chi connectivity index (χ1) is 7.80. The van der Waals surface area contributed by atoms with Crippen LogP contribution in [-0.4, -0.2) is 6.10 Å². The Kier molecular flexibility index (Phi) is 4.96. The summed E-state index contributed by atoms with van der Waals surface area (Å²) in [5.74, 6) is 3.35. The summed E-state index contributed by atoms with van der Waals surface area (Å²) in [6.45, 7) is 2.12. The van der Waals surface area contributed by atoms with Gasteiger partial charge in [-0.05, 0) is 37.1 Å². The molecule has 1 aromatic rings. The number of benzene rings is 1. The minimum absolute atomic E-state index is 0.173. The van der Waals surface area contributed by atoms with Crippen molar-refractivity contribution < 1.29 is 4.74 Å². The van der Waals surface area contributed by atoms with Gasteiger partial charge in [-0.1, -0.05) is 19.3 Å². The average molecular weight is 213 g/mol. The Labute approximate surface area is 96.9 Å². The van der Waals surface area contributed by atoms with Crippen LogP contribution < -0.4 is 4.74 Å². The van der Waals surface area contributed by atoms with E-state index in [-0.39, 0.29) is 6.10 Å². The zero-order chi connectivity index (χ0) is 11.8. The summed E-state index contributed by atoms with van der Waals surface area (Å²) < 4.78 is 5.62. The molecule has 2 heteroatoms. The zero-order valence-electron chi connectivity index (χ0n) is 9.44. The van der Waals surface area contributed by atoms with E-state index in [0.717, 1.165) is 25.0 Å². The van der Waals surface area contributed by atoms with E-state index in [1.54, 1.807) is 24.3 Å². The molecular formula is C14H15NO. The maximum absolute atomic E-state index is 8.65. The van der Waals surface area contributed by atoms with Gasteiger partial charge in [-0.25, -0.2) is 0 Å². The fraction of sp³-hybridized carbons (Fsp3) is 0.357. The van der Waals surface area contributed by atoms with E-state index in [4.69, 9.17) is 16.4 Å². The molecule has 1 unspecified atom stereocenters. The van der Waals surface area contributed by atoms with Gasteiger partial charge >= 0.3 is 0 Å². The van der Waals surface area contributed by atoms with Crippen molar-refractivity contribution in [3.05, 3.63) is 29.8 Å². The molecule has 0 spiro atoms. The summed E-state index contributed by atoms with van der Waals surface area (Å²) in [6, 6.07) is 9.06. The second-order valence-electron chi connectivity index (χ2n) is 3.55. The van der Waals surface area contributed by atoms with Crippen LogP contribution in [0.25, 0.3) is 0 Å². The molecular weight excluding hydrogens is 198 g/mol. The molecule has 0 saturated carbocycles. The maximum Gasteiger partial charge on any atom is 0.158 e.